The summed E-state index contributed by atoms with van der Waals surface area (Å²) in [6.07, 6.45) is 2.01. The van der Waals surface area contributed by atoms with Crippen molar-refractivity contribution >= 4 is 30.7 Å². The summed E-state index contributed by atoms with van der Waals surface area (Å²) in [5, 5.41) is 0. The summed E-state index contributed by atoms with van der Waals surface area (Å²) in [6, 6.07) is 4.20. The van der Waals surface area contributed by atoms with Gasteiger partial charge in [-0.05, 0) is 36.1 Å². The van der Waals surface area contributed by atoms with E-state index < -0.39 is 6.67 Å². The second-order valence-corrected chi connectivity index (χ2v) is 7.90. The molecule has 164 valence electrons. The molecule has 0 radical (unpaired) electrons. The van der Waals surface area contributed by atoms with Crippen LogP contribution < -0.4 is 15.2 Å². The molecule has 2 saturated heterocycles. The number of benzene rings is 1. The van der Waals surface area contributed by atoms with Crippen LogP contribution in [0.3, 0.4) is 0 Å². The van der Waals surface area contributed by atoms with Crippen molar-refractivity contribution in [3.8, 4) is 11.5 Å². The zero-order valence-electron chi connectivity index (χ0n) is 16.8. The molecular weight excluding hydrogens is 420 g/mol. The molecule has 3 heterocycles. The van der Waals surface area contributed by atoms with Crippen molar-refractivity contribution in [2.75, 3.05) is 40.5 Å². The number of fused-ring (bicyclic) bond motifs is 3. The van der Waals surface area contributed by atoms with Crippen LogP contribution in [-0.2, 0) is 11.2 Å². The summed E-state index contributed by atoms with van der Waals surface area (Å²) in [5.74, 6) is 1.35. The molecule has 2 unspecified atom stereocenters. The molecule has 1 aromatic rings. The van der Waals surface area contributed by atoms with Crippen molar-refractivity contribution in [1.82, 2.24) is 9.80 Å². The van der Waals surface area contributed by atoms with Crippen LogP contribution in [0.15, 0.2) is 12.1 Å². The van der Waals surface area contributed by atoms with E-state index in [1.54, 1.807) is 14.2 Å². The number of nitrogens with two attached hydrogens (primary N) is 1. The van der Waals surface area contributed by atoms with E-state index in [1.165, 1.54) is 11.1 Å². The van der Waals surface area contributed by atoms with Crippen LogP contribution in [-0.4, -0.2) is 68.3 Å². The number of carbonyl (C=O) groups excluding carboxylic acids is 1. The highest BCUT2D eigenvalue weighted by atomic mass is 35.5. The monoisotopic (exact) mass is 449 g/mol. The fraction of sp³-hybridized carbons (Fsp3) is 0.650. The number of carbonyl (C=O) groups is 1. The molecule has 1 aromatic carbocycles. The van der Waals surface area contributed by atoms with Gasteiger partial charge in [-0.2, -0.15) is 0 Å². The van der Waals surface area contributed by atoms with Crippen LogP contribution in [0.1, 0.15) is 30.0 Å². The molecule has 3 aliphatic heterocycles. The van der Waals surface area contributed by atoms with Gasteiger partial charge >= 0.3 is 0 Å². The third kappa shape index (κ3) is 4.29. The number of halogens is 3. The number of hydrogen-bond acceptors (Lipinski definition) is 5. The van der Waals surface area contributed by atoms with Gasteiger partial charge in [-0.1, -0.05) is 0 Å². The van der Waals surface area contributed by atoms with Gasteiger partial charge in [0.15, 0.2) is 11.5 Å². The highest BCUT2D eigenvalue weighted by Crippen LogP contribution is 2.42. The summed E-state index contributed by atoms with van der Waals surface area (Å²) >= 11 is 0. The Kier molecular flexibility index (Phi) is 8.01. The van der Waals surface area contributed by atoms with Gasteiger partial charge in [0, 0.05) is 44.1 Å². The fourth-order valence-corrected chi connectivity index (χ4v) is 4.93. The second kappa shape index (κ2) is 9.69. The smallest absolute Gasteiger partial charge is 0.223 e. The average molecular weight is 450 g/mol. The predicted octanol–water partition coefficient (Wildman–Crippen LogP) is 2.36. The lowest BCUT2D eigenvalue weighted by Gasteiger charge is -2.48. The van der Waals surface area contributed by atoms with Crippen molar-refractivity contribution in [3.63, 3.8) is 0 Å². The van der Waals surface area contributed by atoms with Crippen LogP contribution in [0.5, 0.6) is 11.5 Å². The molecule has 29 heavy (non-hydrogen) atoms. The van der Waals surface area contributed by atoms with Gasteiger partial charge < -0.3 is 20.1 Å². The molecule has 0 saturated carbocycles. The maximum atomic E-state index is 13.0. The van der Waals surface area contributed by atoms with Crippen molar-refractivity contribution in [1.29, 1.82) is 0 Å². The highest BCUT2D eigenvalue weighted by Gasteiger charge is 2.44. The first-order valence-electron chi connectivity index (χ1n) is 9.65. The van der Waals surface area contributed by atoms with Crippen LogP contribution in [0.25, 0.3) is 0 Å². The number of likely N-dealkylation sites (tertiary alicyclic amines) is 1. The molecule has 1 amide bonds. The molecule has 3 aliphatic rings. The maximum Gasteiger partial charge on any atom is 0.223 e. The number of methoxy groups -OCH3 is 2. The molecule has 0 aromatic heterocycles. The van der Waals surface area contributed by atoms with E-state index >= 15 is 0 Å². The third-order valence-electron chi connectivity index (χ3n) is 6.38. The molecule has 0 spiro atoms. The number of ether oxygens (including phenoxy) is 2. The van der Waals surface area contributed by atoms with Crippen molar-refractivity contribution in [3.05, 3.63) is 23.3 Å². The normalized spacial score (nSPS) is 28.7. The number of hydrogen-bond donors (Lipinski definition) is 1. The van der Waals surface area contributed by atoms with E-state index in [2.05, 4.69) is 17.0 Å². The number of rotatable bonds is 4. The lowest BCUT2D eigenvalue weighted by Crippen LogP contribution is -2.60. The zero-order chi connectivity index (χ0) is 19.1. The SMILES string of the molecule is COc1cc2c(cc1OC)[C@@H]1CC(N)C(N3C[C@@H](CF)CC3=O)CN1CC2.Cl.Cl. The van der Waals surface area contributed by atoms with Crippen LogP contribution in [0.2, 0.25) is 0 Å². The van der Waals surface area contributed by atoms with Gasteiger partial charge in [0.05, 0.1) is 26.9 Å². The highest BCUT2D eigenvalue weighted by molar-refractivity contribution is 5.85. The van der Waals surface area contributed by atoms with Gasteiger partial charge in [0.1, 0.15) is 0 Å². The summed E-state index contributed by atoms with van der Waals surface area (Å²) in [6.45, 7) is 1.72. The first-order chi connectivity index (χ1) is 13.0. The Morgan fingerprint density at radius 3 is 2.48 bits per heavy atom. The standard InChI is InChI=1S/C20H28FN3O3.2ClH/c1-26-18-6-13-3-4-23-11-17(24-10-12(9-21)5-20(24)25)15(22)8-16(23)14(13)7-19(18)27-2;;/h6-7,12,15-17H,3-5,8-11,22H2,1-2H3;2*1H/t12-,15?,16+,17?;;/m1../s1. The molecule has 4 atom stereocenters. The van der Waals surface area contributed by atoms with Gasteiger partial charge in [0.2, 0.25) is 5.91 Å². The largest absolute Gasteiger partial charge is 0.493 e. The second-order valence-electron chi connectivity index (χ2n) is 7.90. The Balaban J connectivity index is 0.00000150. The predicted molar refractivity (Wildman–Crippen MR) is 114 cm³/mol. The first-order valence-corrected chi connectivity index (χ1v) is 9.65. The number of piperidine rings is 1. The minimum atomic E-state index is -0.439. The van der Waals surface area contributed by atoms with E-state index in [9.17, 15) is 9.18 Å². The molecular formula is C20H30Cl2FN3O3. The molecule has 4 rings (SSSR count). The lowest BCUT2D eigenvalue weighted by atomic mass is 9.83. The van der Waals surface area contributed by atoms with Crippen molar-refractivity contribution in [2.24, 2.45) is 11.7 Å². The van der Waals surface area contributed by atoms with Gasteiger partial charge in [-0.3, -0.25) is 14.1 Å². The van der Waals surface area contributed by atoms with Gasteiger partial charge in [0.25, 0.3) is 0 Å². The summed E-state index contributed by atoms with van der Waals surface area (Å²) in [5.41, 5.74) is 9.04. The Hall–Kier alpha value is -1.28. The maximum absolute atomic E-state index is 13.0. The Morgan fingerprint density at radius 2 is 1.86 bits per heavy atom. The third-order valence-corrected chi connectivity index (χ3v) is 6.38. The van der Waals surface area contributed by atoms with Crippen molar-refractivity contribution < 1.29 is 18.7 Å². The Bertz CT molecular complexity index is 739. The Morgan fingerprint density at radius 1 is 1.17 bits per heavy atom. The zero-order valence-corrected chi connectivity index (χ0v) is 18.4. The number of alkyl halides is 1. The lowest BCUT2D eigenvalue weighted by molar-refractivity contribution is -0.131. The fourth-order valence-electron chi connectivity index (χ4n) is 4.93. The van der Waals surface area contributed by atoms with E-state index in [0.29, 0.717) is 13.0 Å². The topological polar surface area (TPSA) is 68.0 Å². The van der Waals surface area contributed by atoms with Crippen molar-refractivity contribution in [2.45, 2.75) is 37.4 Å². The molecule has 6 nitrogen and oxygen atoms in total. The van der Waals surface area contributed by atoms with Crippen LogP contribution >= 0.6 is 24.8 Å². The number of nitrogens with zero attached hydrogens (tertiary/aromatic N) is 2. The quantitative estimate of drug-likeness (QED) is 0.763. The minimum Gasteiger partial charge on any atom is -0.493 e. The molecule has 0 aliphatic carbocycles. The first kappa shape index (κ1) is 24.0. The molecule has 9 heteroatoms. The van der Waals surface area contributed by atoms with E-state index in [1.807, 2.05) is 4.90 Å². The Labute approximate surface area is 183 Å². The van der Waals surface area contributed by atoms with E-state index in [-0.39, 0.29) is 54.8 Å². The minimum absolute atomic E-state index is 0. The van der Waals surface area contributed by atoms with Crippen LogP contribution in [0.4, 0.5) is 4.39 Å². The van der Waals surface area contributed by atoms with Gasteiger partial charge in [-0.15, -0.1) is 24.8 Å². The van der Waals surface area contributed by atoms with Gasteiger partial charge in [-0.25, -0.2) is 0 Å². The van der Waals surface area contributed by atoms with Crippen LogP contribution in [0, 0.1) is 5.92 Å². The molecule has 0 bridgehead atoms. The number of amides is 1. The summed E-state index contributed by atoms with van der Waals surface area (Å²) in [4.78, 5) is 16.6. The average Bonchev–Trinajstić information content (AvgIpc) is 3.06. The van der Waals surface area contributed by atoms with E-state index in [0.717, 1.165) is 37.4 Å². The molecule has 2 N–H and O–H groups in total. The summed E-state index contributed by atoms with van der Waals surface area (Å²) in [7, 11) is 3.30. The summed E-state index contributed by atoms with van der Waals surface area (Å²) < 4.78 is 24.0. The molecule has 2 fully saturated rings. The van der Waals surface area contributed by atoms with E-state index in [4.69, 9.17) is 15.2 Å².